The van der Waals surface area contributed by atoms with Gasteiger partial charge in [0.1, 0.15) is 0 Å². The van der Waals surface area contributed by atoms with Crippen LogP contribution >= 0.6 is 0 Å². The minimum absolute atomic E-state index is 0.107. The first-order chi connectivity index (χ1) is 14.3. The van der Waals surface area contributed by atoms with Crippen molar-refractivity contribution in [1.29, 1.82) is 0 Å². The van der Waals surface area contributed by atoms with E-state index < -0.39 is 11.7 Å². The van der Waals surface area contributed by atoms with Gasteiger partial charge in [0.2, 0.25) is 0 Å². The first-order valence-electron chi connectivity index (χ1n) is 9.78. The third-order valence-electron chi connectivity index (χ3n) is 5.48. The summed E-state index contributed by atoms with van der Waals surface area (Å²) in [6, 6.07) is 12.4. The zero-order valence-electron chi connectivity index (χ0n) is 16.4. The summed E-state index contributed by atoms with van der Waals surface area (Å²) in [7, 11) is 0. The van der Waals surface area contributed by atoms with Crippen molar-refractivity contribution < 1.29 is 18.0 Å². The summed E-state index contributed by atoms with van der Waals surface area (Å²) < 4.78 is 39.7. The van der Waals surface area contributed by atoms with Crippen LogP contribution in [0, 0.1) is 6.92 Å². The van der Waals surface area contributed by atoms with E-state index in [2.05, 4.69) is 22.2 Å². The van der Waals surface area contributed by atoms with Crippen LogP contribution in [0.5, 0.6) is 0 Å². The summed E-state index contributed by atoms with van der Waals surface area (Å²) in [6.07, 6.45) is 0.462. The van der Waals surface area contributed by atoms with Gasteiger partial charge in [-0.1, -0.05) is 30.3 Å². The Kier molecular flexibility index (Phi) is 5.32. The van der Waals surface area contributed by atoms with Gasteiger partial charge in [-0.25, -0.2) is 9.67 Å². The molecule has 1 aliphatic heterocycles. The van der Waals surface area contributed by atoms with E-state index in [9.17, 15) is 18.0 Å². The van der Waals surface area contributed by atoms with Gasteiger partial charge in [-0.2, -0.15) is 18.3 Å². The molecule has 1 aliphatic rings. The summed E-state index contributed by atoms with van der Waals surface area (Å²) in [6.45, 7) is 2.40. The van der Waals surface area contributed by atoms with Crippen molar-refractivity contribution >= 4 is 5.91 Å². The van der Waals surface area contributed by atoms with E-state index >= 15 is 0 Å². The Balaban J connectivity index is 1.55. The molecule has 8 heteroatoms. The molecule has 0 bridgehead atoms. The fourth-order valence-corrected chi connectivity index (χ4v) is 3.89. The normalized spacial score (nSPS) is 16.8. The van der Waals surface area contributed by atoms with Gasteiger partial charge >= 0.3 is 6.18 Å². The van der Waals surface area contributed by atoms with Crippen LogP contribution < -0.4 is 0 Å². The molecule has 1 saturated heterocycles. The third-order valence-corrected chi connectivity index (χ3v) is 5.48. The van der Waals surface area contributed by atoms with Crippen LogP contribution in [-0.4, -0.2) is 38.2 Å². The van der Waals surface area contributed by atoms with Gasteiger partial charge < -0.3 is 4.90 Å². The number of halogens is 3. The second kappa shape index (κ2) is 7.93. The van der Waals surface area contributed by atoms with E-state index in [-0.39, 0.29) is 17.8 Å². The maximum Gasteiger partial charge on any atom is 0.417 e. The molecule has 1 atom stereocenters. The number of nitrogens with zero attached hydrogens (tertiary/aromatic N) is 4. The summed E-state index contributed by atoms with van der Waals surface area (Å²) >= 11 is 0. The lowest BCUT2D eigenvalue weighted by Gasteiger charge is -2.24. The first kappa shape index (κ1) is 20.1. The van der Waals surface area contributed by atoms with E-state index in [4.69, 9.17) is 0 Å². The van der Waals surface area contributed by atoms with Gasteiger partial charge in [0.25, 0.3) is 5.91 Å². The van der Waals surface area contributed by atoms with Gasteiger partial charge in [-0.3, -0.25) is 4.79 Å². The van der Waals surface area contributed by atoms with Crippen LogP contribution in [0.1, 0.15) is 40.0 Å². The van der Waals surface area contributed by atoms with E-state index in [1.807, 2.05) is 23.1 Å². The molecule has 3 aromatic rings. The van der Waals surface area contributed by atoms with Crippen molar-refractivity contribution in [2.24, 2.45) is 0 Å². The second-order valence-corrected chi connectivity index (χ2v) is 7.44. The lowest BCUT2D eigenvalue weighted by Crippen LogP contribution is -2.37. The van der Waals surface area contributed by atoms with Crippen LogP contribution in [0.15, 0.2) is 54.9 Å². The number of hydrogen-bond donors (Lipinski definition) is 0. The maximum absolute atomic E-state index is 13.2. The lowest BCUT2D eigenvalue weighted by atomic mass is 10.0. The summed E-state index contributed by atoms with van der Waals surface area (Å²) in [4.78, 5) is 19.0. The number of carbonyl (C=O) groups excluding carboxylic acids is 1. The monoisotopic (exact) mass is 414 g/mol. The fourth-order valence-electron chi connectivity index (χ4n) is 3.89. The number of rotatable bonds is 4. The molecule has 156 valence electrons. The predicted octanol–water partition coefficient (Wildman–Crippen LogP) is 4.44. The van der Waals surface area contributed by atoms with E-state index in [1.165, 1.54) is 22.5 Å². The predicted molar refractivity (Wildman–Crippen MR) is 105 cm³/mol. The van der Waals surface area contributed by atoms with Gasteiger partial charge in [-0.15, -0.1) is 0 Å². The highest BCUT2D eigenvalue weighted by atomic mass is 19.4. The molecule has 2 aromatic heterocycles. The summed E-state index contributed by atoms with van der Waals surface area (Å²) in [5.74, 6) is 0.130. The molecule has 0 saturated carbocycles. The van der Waals surface area contributed by atoms with Crippen LogP contribution in [0.25, 0.3) is 5.82 Å². The first-order valence-corrected chi connectivity index (χ1v) is 9.78. The van der Waals surface area contributed by atoms with Crippen molar-refractivity contribution in [3.05, 3.63) is 77.2 Å². The Morgan fingerprint density at radius 3 is 2.57 bits per heavy atom. The summed E-state index contributed by atoms with van der Waals surface area (Å²) in [5.41, 5.74) is 1.35. The van der Waals surface area contributed by atoms with E-state index in [0.29, 0.717) is 17.8 Å². The zero-order valence-corrected chi connectivity index (χ0v) is 16.4. The van der Waals surface area contributed by atoms with E-state index in [0.717, 1.165) is 31.5 Å². The Morgan fingerprint density at radius 2 is 1.90 bits per heavy atom. The second-order valence-electron chi connectivity index (χ2n) is 7.44. The SMILES string of the molecule is Cc1c(C(=O)N2CCCC2Cc2ccccc2)cnn1-c1ccc(C(F)(F)F)cn1. The van der Waals surface area contributed by atoms with E-state index in [1.54, 1.807) is 6.92 Å². The molecule has 1 unspecified atom stereocenters. The molecule has 1 aromatic carbocycles. The molecule has 0 N–H and O–H groups in total. The quantitative estimate of drug-likeness (QED) is 0.634. The Labute approximate surface area is 172 Å². The van der Waals surface area contributed by atoms with Gasteiger partial charge in [-0.05, 0) is 43.9 Å². The number of benzene rings is 1. The Morgan fingerprint density at radius 1 is 1.13 bits per heavy atom. The topological polar surface area (TPSA) is 51.0 Å². The molecule has 4 rings (SSSR count). The number of hydrogen-bond acceptors (Lipinski definition) is 3. The molecule has 0 spiro atoms. The standard InChI is InChI=1S/C22H21F3N4O/c1-15-19(14-27-29(15)20-10-9-17(13-26-20)22(23,24)25)21(30)28-11-5-8-18(28)12-16-6-3-2-4-7-16/h2-4,6-7,9-10,13-14,18H,5,8,11-12H2,1H3. The van der Waals surface area contributed by atoms with Crippen LogP contribution in [0.3, 0.4) is 0 Å². The number of carbonyl (C=O) groups is 1. The highest BCUT2D eigenvalue weighted by molar-refractivity contribution is 5.95. The number of amides is 1. The average Bonchev–Trinajstić information content (AvgIpc) is 3.34. The van der Waals surface area contributed by atoms with Gasteiger partial charge in [0.15, 0.2) is 5.82 Å². The molecule has 3 heterocycles. The van der Waals surface area contributed by atoms with Crippen molar-refractivity contribution in [1.82, 2.24) is 19.7 Å². The largest absolute Gasteiger partial charge is 0.417 e. The van der Waals surface area contributed by atoms with Crippen molar-refractivity contribution in [2.45, 2.75) is 38.4 Å². The minimum Gasteiger partial charge on any atom is -0.335 e. The number of alkyl halides is 3. The molecule has 1 fully saturated rings. The van der Waals surface area contributed by atoms with Crippen LogP contribution in [0.4, 0.5) is 13.2 Å². The average molecular weight is 414 g/mol. The fraction of sp³-hybridized carbons (Fsp3) is 0.318. The van der Waals surface area contributed by atoms with Crippen LogP contribution in [0.2, 0.25) is 0 Å². The Bertz CT molecular complexity index is 1030. The molecule has 5 nitrogen and oxygen atoms in total. The number of aromatic nitrogens is 3. The van der Waals surface area contributed by atoms with Gasteiger partial charge in [0.05, 0.1) is 23.0 Å². The number of pyridine rings is 1. The smallest absolute Gasteiger partial charge is 0.335 e. The lowest BCUT2D eigenvalue weighted by molar-refractivity contribution is -0.137. The number of likely N-dealkylation sites (tertiary alicyclic amines) is 1. The van der Waals surface area contributed by atoms with Crippen LogP contribution in [-0.2, 0) is 12.6 Å². The molecule has 0 radical (unpaired) electrons. The van der Waals surface area contributed by atoms with Gasteiger partial charge in [0, 0.05) is 18.8 Å². The van der Waals surface area contributed by atoms with Crippen molar-refractivity contribution in [3.63, 3.8) is 0 Å². The Hall–Kier alpha value is -3.16. The molecule has 30 heavy (non-hydrogen) atoms. The molecular weight excluding hydrogens is 393 g/mol. The maximum atomic E-state index is 13.2. The molecular formula is C22H21F3N4O. The minimum atomic E-state index is -4.45. The highest BCUT2D eigenvalue weighted by Gasteiger charge is 2.32. The zero-order chi connectivity index (χ0) is 21.3. The molecule has 1 amide bonds. The highest BCUT2D eigenvalue weighted by Crippen LogP contribution is 2.29. The van der Waals surface area contributed by atoms with Crippen molar-refractivity contribution in [2.75, 3.05) is 6.54 Å². The van der Waals surface area contributed by atoms with Crippen molar-refractivity contribution in [3.8, 4) is 5.82 Å². The molecule has 0 aliphatic carbocycles. The summed E-state index contributed by atoms with van der Waals surface area (Å²) in [5, 5.41) is 4.20. The third kappa shape index (κ3) is 3.94.